The molecule has 74 valence electrons. The first kappa shape index (κ1) is 8.99. The molecule has 0 bridgehead atoms. The predicted octanol–water partition coefficient (Wildman–Crippen LogP) is 1.19. The molecule has 1 aromatic rings. The molecule has 0 amide bonds. The molecule has 0 spiro atoms. The Morgan fingerprint density at radius 3 is 2.64 bits per heavy atom. The minimum absolute atomic E-state index is 0.137. The lowest BCUT2D eigenvalue weighted by Crippen LogP contribution is -2.27. The molecule has 4 heteroatoms. The Balaban J connectivity index is 2.62. The van der Waals surface area contributed by atoms with Crippen LogP contribution >= 0.6 is 0 Å². The van der Waals surface area contributed by atoms with Crippen molar-refractivity contribution in [1.82, 2.24) is 4.57 Å². The molecular weight excluding hydrogens is 182 g/mol. The normalized spacial score (nSPS) is 15.5. The highest BCUT2D eigenvalue weighted by molar-refractivity contribution is 5.87. The standard InChI is InChI=1S/C10H11NO3/c1-6-2-5-8(10(13)14)9(12)11(6)7-3-4-7/h2,5,7H,3-4H2,1H3,(H,13,14). The van der Waals surface area contributed by atoms with Crippen molar-refractivity contribution in [3.05, 3.63) is 33.7 Å². The fraction of sp³-hybridized carbons (Fsp3) is 0.400. The van der Waals surface area contributed by atoms with Gasteiger partial charge in [-0.15, -0.1) is 0 Å². The molecular formula is C10H11NO3. The van der Waals surface area contributed by atoms with Gasteiger partial charge in [-0.3, -0.25) is 4.79 Å². The van der Waals surface area contributed by atoms with Crippen molar-refractivity contribution >= 4 is 5.97 Å². The first-order valence-corrected chi connectivity index (χ1v) is 4.56. The number of pyridine rings is 1. The molecule has 4 nitrogen and oxygen atoms in total. The summed E-state index contributed by atoms with van der Waals surface area (Å²) in [6, 6.07) is 3.28. The van der Waals surface area contributed by atoms with Crippen molar-refractivity contribution in [1.29, 1.82) is 0 Å². The van der Waals surface area contributed by atoms with E-state index in [1.807, 2.05) is 6.92 Å². The molecule has 2 rings (SSSR count). The number of aryl methyl sites for hydroxylation is 1. The van der Waals surface area contributed by atoms with E-state index < -0.39 is 5.97 Å². The highest BCUT2D eigenvalue weighted by atomic mass is 16.4. The molecule has 0 atom stereocenters. The van der Waals surface area contributed by atoms with Crippen molar-refractivity contribution in [2.45, 2.75) is 25.8 Å². The van der Waals surface area contributed by atoms with Gasteiger partial charge >= 0.3 is 5.97 Å². The van der Waals surface area contributed by atoms with E-state index in [9.17, 15) is 9.59 Å². The van der Waals surface area contributed by atoms with Crippen LogP contribution in [0.25, 0.3) is 0 Å². The van der Waals surface area contributed by atoms with Crippen LogP contribution in [-0.4, -0.2) is 15.6 Å². The van der Waals surface area contributed by atoms with Gasteiger partial charge in [-0.05, 0) is 31.9 Å². The molecule has 0 saturated heterocycles. The Morgan fingerprint density at radius 1 is 1.50 bits per heavy atom. The maximum absolute atomic E-state index is 11.7. The van der Waals surface area contributed by atoms with E-state index in [0.29, 0.717) is 0 Å². The Hall–Kier alpha value is -1.58. The van der Waals surface area contributed by atoms with E-state index in [0.717, 1.165) is 18.5 Å². The molecule has 1 N–H and O–H groups in total. The Morgan fingerprint density at radius 2 is 2.14 bits per heavy atom. The summed E-state index contributed by atoms with van der Waals surface area (Å²) in [5.74, 6) is -1.15. The number of nitrogens with zero attached hydrogens (tertiary/aromatic N) is 1. The zero-order valence-electron chi connectivity index (χ0n) is 7.86. The first-order chi connectivity index (χ1) is 6.61. The summed E-state index contributed by atoms with van der Waals surface area (Å²) < 4.78 is 1.59. The van der Waals surface area contributed by atoms with Crippen LogP contribution in [-0.2, 0) is 0 Å². The Kier molecular flexibility index (Phi) is 1.91. The number of carboxylic acids is 1. The first-order valence-electron chi connectivity index (χ1n) is 4.56. The summed E-state index contributed by atoms with van der Waals surface area (Å²) in [5, 5.41) is 8.77. The minimum atomic E-state index is -1.15. The fourth-order valence-electron chi connectivity index (χ4n) is 1.59. The summed E-state index contributed by atoms with van der Waals surface area (Å²) >= 11 is 0. The number of aromatic nitrogens is 1. The number of hydrogen-bond acceptors (Lipinski definition) is 2. The molecule has 1 heterocycles. The molecule has 0 radical (unpaired) electrons. The average molecular weight is 193 g/mol. The second-order valence-corrected chi connectivity index (χ2v) is 3.60. The Labute approximate surface area is 80.8 Å². The topological polar surface area (TPSA) is 59.3 Å². The van der Waals surface area contributed by atoms with Crippen molar-refractivity contribution in [2.24, 2.45) is 0 Å². The maximum atomic E-state index is 11.7. The van der Waals surface area contributed by atoms with E-state index in [2.05, 4.69) is 0 Å². The van der Waals surface area contributed by atoms with Gasteiger partial charge in [0, 0.05) is 11.7 Å². The maximum Gasteiger partial charge on any atom is 0.341 e. The van der Waals surface area contributed by atoms with Gasteiger partial charge in [-0.1, -0.05) is 0 Å². The third kappa shape index (κ3) is 1.32. The summed E-state index contributed by atoms with van der Waals surface area (Å²) in [6.45, 7) is 1.82. The van der Waals surface area contributed by atoms with Gasteiger partial charge in [0.2, 0.25) is 0 Å². The number of carboxylic acid groups (broad SMARTS) is 1. The van der Waals surface area contributed by atoms with Gasteiger partial charge in [0.25, 0.3) is 5.56 Å². The van der Waals surface area contributed by atoms with Crippen molar-refractivity contribution in [2.75, 3.05) is 0 Å². The van der Waals surface area contributed by atoms with E-state index in [1.165, 1.54) is 6.07 Å². The van der Waals surface area contributed by atoms with Crippen LogP contribution < -0.4 is 5.56 Å². The van der Waals surface area contributed by atoms with E-state index >= 15 is 0 Å². The van der Waals surface area contributed by atoms with Crippen LogP contribution in [0.1, 0.15) is 34.9 Å². The summed E-state index contributed by atoms with van der Waals surface area (Å²) in [6.07, 6.45) is 1.95. The van der Waals surface area contributed by atoms with E-state index in [4.69, 9.17) is 5.11 Å². The summed E-state index contributed by atoms with van der Waals surface area (Å²) in [4.78, 5) is 22.4. The van der Waals surface area contributed by atoms with Gasteiger partial charge in [0.15, 0.2) is 0 Å². The van der Waals surface area contributed by atoms with Crippen LogP contribution in [0.4, 0.5) is 0 Å². The molecule has 0 unspecified atom stereocenters. The van der Waals surface area contributed by atoms with Crippen molar-refractivity contribution < 1.29 is 9.90 Å². The molecule has 14 heavy (non-hydrogen) atoms. The number of hydrogen-bond donors (Lipinski definition) is 1. The minimum Gasteiger partial charge on any atom is -0.477 e. The number of carbonyl (C=O) groups is 1. The van der Waals surface area contributed by atoms with Crippen LogP contribution in [0.15, 0.2) is 16.9 Å². The lowest BCUT2D eigenvalue weighted by Gasteiger charge is -2.08. The highest BCUT2D eigenvalue weighted by Crippen LogP contribution is 2.34. The monoisotopic (exact) mass is 193 g/mol. The average Bonchev–Trinajstić information content (AvgIpc) is 2.87. The van der Waals surface area contributed by atoms with Gasteiger partial charge in [0.05, 0.1) is 0 Å². The van der Waals surface area contributed by atoms with Crippen molar-refractivity contribution in [3.8, 4) is 0 Å². The molecule has 1 aliphatic rings. The molecule has 1 fully saturated rings. The highest BCUT2D eigenvalue weighted by Gasteiger charge is 2.27. The lowest BCUT2D eigenvalue weighted by atomic mass is 10.2. The zero-order chi connectivity index (χ0) is 10.3. The molecule has 0 aromatic carbocycles. The van der Waals surface area contributed by atoms with E-state index in [-0.39, 0.29) is 17.2 Å². The van der Waals surface area contributed by atoms with Crippen LogP contribution in [0.5, 0.6) is 0 Å². The van der Waals surface area contributed by atoms with Gasteiger partial charge in [0.1, 0.15) is 5.56 Å². The number of rotatable bonds is 2. The second kappa shape index (κ2) is 2.97. The quantitative estimate of drug-likeness (QED) is 0.767. The van der Waals surface area contributed by atoms with Crippen molar-refractivity contribution in [3.63, 3.8) is 0 Å². The SMILES string of the molecule is Cc1ccc(C(=O)O)c(=O)n1C1CC1. The molecule has 0 aliphatic heterocycles. The largest absolute Gasteiger partial charge is 0.477 e. The van der Waals surface area contributed by atoms with Gasteiger partial charge < -0.3 is 9.67 Å². The predicted molar refractivity (Wildman–Crippen MR) is 50.7 cm³/mol. The Bertz CT molecular complexity index is 443. The zero-order valence-corrected chi connectivity index (χ0v) is 7.86. The summed E-state index contributed by atoms with van der Waals surface area (Å²) in [7, 11) is 0. The fourth-order valence-corrected chi connectivity index (χ4v) is 1.59. The second-order valence-electron chi connectivity index (χ2n) is 3.60. The van der Waals surface area contributed by atoms with Crippen LogP contribution in [0.2, 0.25) is 0 Å². The molecule has 1 saturated carbocycles. The third-order valence-electron chi connectivity index (χ3n) is 2.46. The van der Waals surface area contributed by atoms with E-state index in [1.54, 1.807) is 10.6 Å². The number of aromatic carboxylic acids is 1. The van der Waals surface area contributed by atoms with Gasteiger partial charge in [-0.2, -0.15) is 0 Å². The lowest BCUT2D eigenvalue weighted by molar-refractivity contribution is 0.0694. The smallest absolute Gasteiger partial charge is 0.341 e. The third-order valence-corrected chi connectivity index (χ3v) is 2.46. The molecule has 1 aliphatic carbocycles. The molecule has 1 aromatic heterocycles. The summed E-state index contributed by atoms with van der Waals surface area (Å²) in [5.41, 5.74) is 0.324. The van der Waals surface area contributed by atoms with Gasteiger partial charge in [-0.25, -0.2) is 4.79 Å². The van der Waals surface area contributed by atoms with Crippen LogP contribution in [0, 0.1) is 6.92 Å². The van der Waals surface area contributed by atoms with Crippen LogP contribution in [0.3, 0.4) is 0 Å².